The molecule has 4 heteroatoms. The summed E-state index contributed by atoms with van der Waals surface area (Å²) in [5, 5.41) is 0.791. The maximum absolute atomic E-state index is 6.33. The Labute approximate surface area is 97.8 Å². The quantitative estimate of drug-likeness (QED) is 0.580. The van der Waals surface area contributed by atoms with Gasteiger partial charge in [0, 0.05) is 6.20 Å². The van der Waals surface area contributed by atoms with E-state index in [9.17, 15) is 0 Å². The molecule has 0 amide bonds. The smallest absolute Gasteiger partial charge is 0.138 e. The van der Waals surface area contributed by atoms with Crippen molar-refractivity contribution in [1.29, 1.82) is 0 Å². The Kier molecular flexibility index (Phi) is 2.15. The Morgan fingerprint density at radius 2 is 2.20 bits per heavy atom. The van der Waals surface area contributed by atoms with Crippen LogP contribution in [0.4, 0.5) is 0 Å². The van der Waals surface area contributed by atoms with Gasteiger partial charge < -0.3 is 0 Å². The SMILES string of the molecule is ClCc1cn2c(Cl)c(C3CC3)ccc2n1. The van der Waals surface area contributed by atoms with E-state index >= 15 is 0 Å². The van der Waals surface area contributed by atoms with Crippen molar-refractivity contribution >= 4 is 28.8 Å². The van der Waals surface area contributed by atoms with Gasteiger partial charge in [0.25, 0.3) is 0 Å². The fourth-order valence-electron chi connectivity index (χ4n) is 1.86. The highest BCUT2D eigenvalue weighted by Crippen LogP contribution is 2.43. The first-order chi connectivity index (χ1) is 7.29. The lowest BCUT2D eigenvalue weighted by atomic mass is 10.2. The predicted molar refractivity (Wildman–Crippen MR) is 61.7 cm³/mol. The molecule has 0 atom stereocenters. The van der Waals surface area contributed by atoms with E-state index in [-0.39, 0.29) is 0 Å². The fourth-order valence-corrected chi connectivity index (χ4v) is 2.34. The lowest BCUT2D eigenvalue weighted by Crippen LogP contribution is -1.91. The molecule has 1 saturated carbocycles. The molecule has 0 unspecified atom stereocenters. The molecule has 2 nitrogen and oxygen atoms in total. The van der Waals surface area contributed by atoms with Gasteiger partial charge in [0.2, 0.25) is 0 Å². The highest BCUT2D eigenvalue weighted by atomic mass is 35.5. The number of imidazole rings is 1. The van der Waals surface area contributed by atoms with Crippen molar-refractivity contribution < 1.29 is 0 Å². The van der Waals surface area contributed by atoms with Crippen molar-refractivity contribution in [2.45, 2.75) is 24.6 Å². The minimum absolute atomic E-state index is 0.427. The van der Waals surface area contributed by atoms with Gasteiger partial charge in [0.05, 0.1) is 11.6 Å². The van der Waals surface area contributed by atoms with Gasteiger partial charge in [-0.2, -0.15) is 0 Å². The van der Waals surface area contributed by atoms with Crippen molar-refractivity contribution in [1.82, 2.24) is 9.38 Å². The van der Waals surface area contributed by atoms with Crippen LogP contribution in [0, 0.1) is 0 Å². The van der Waals surface area contributed by atoms with Gasteiger partial charge in [-0.15, -0.1) is 11.6 Å². The molecule has 0 radical (unpaired) electrons. The zero-order valence-corrected chi connectivity index (χ0v) is 9.59. The largest absolute Gasteiger partial charge is 0.290 e. The van der Waals surface area contributed by atoms with Crippen LogP contribution in [0.15, 0.2) is 18.3 Å². The Morgan fingerprint density at radius 1 is 1.40 bits per heavy atom. The average molecular weight is 241 g/mol. The minimum Gasteiger partial charge on any atom is -0.290 e. The third kappa shape index (κ3) is 1.52. The molecule has 0 spiro atoms. The van der Waals surface area contributed by atoms with Crippen LogP contribution in [0.3, 0.4) is 0 Å². The molecule has 2 heterocycles. The molecule has 1 fully saturated rings. The number of hydrogen-bond acceptors (Lipinski definition) is 1. The highest BCUT2D eigenvalue weighted by Gasteiger charge is 2.26. The third-order valence-corrected chi connectivity index (χ3v) is 3.47. The van der Waals surface area contributed by atoms with Crippen LogP contribution in [-0.2, 0) is 5.88 Å². The van der Waals surface area contributed by atoms with Crippen molar-refractivity contribution in [3.63, 3.8) is 0 Å². The van der Waals surface area contributed by atoms with E-state index in [1.807, 2.05) is 16.7 Å². The number of halogens is 2. The molecule has 0 bridgehead atoms. The van der Waals surface area contributed by atoms with Gasteiger partial charge in [-0.1, -0.05) is 17.7 Å². The lowest BCUT2D eigenvalue weighted by molar-refractivity contribution is 1.06. The molecule has 3 rings (SSSR count). The molecule has 0 aliphatic heterocycles. The van der Waals surface area contributed by atoms with Gasteiger partial charge in [-0.05, 0) is 30.4 Å². The van der Waals surface area contributed by atoms with E-state index in [1.54, 1.807) is 0 Å². The number of rotatable bonds is 2. The van der Waals surface area contributed by atoms with Crippen LogP contribution < -0.4 is 0 Å². The molecule has 0 N–H and O–H groups in total. The monoisotopic (exact) mass is 240 g/mol. The Bertz CT molecular complexity index is 515. The summed E-state index contributed by atoms with van der Waals surface area (Å²) in [6.45, 7) is 0. The van der Waals surface area contributed by atoms with Crippen LogP contribution in [0.5, 0.6) is 0 Å². The summed E-state index contributed by atoms with van der Waals surface area (Å²) in [5.41, 5.74) is 2.98. The number of aromatic nitrogens is 2. The molecular weight excluding hydrogens is 231 g/mol. The van der Waals surface area contributed by atoms with E-state index in [0.29, 0.717) is 11.8 Å². The van der Waals surface area contributed by atoms with Crippen molar-refractivity contribution in [3.8, 4) is 0 Å². The third-order valence-electron chi connectivity index (χ3n) is 2.80. The molecule has 0 saturated heterocycles. The average Bonchev–Trinajstić information content (AvgIpc) is 2.97. The van der Waals surface area contributed by atoms with E-state index in [1.165, 1.54) is 18.4 Å². The first-order valence-corrected chi connectivity index (χ1v) is 5.93. The number of alkyl halides is 1. The second kappa shape index (κ2) is 3.39. The summed E-state index contributed by atoms with van der Waals surface area (Å²) < 4.78 is 1.92. The first kappa shape index (κ1) is 9.49. The number of hydrogen-bond donors (Lipinski definition) is 0. The molecule has 1 aliphatic rings. The van der Waals surface area contributed by atoms with Crippen molar-refractivity contribution in [2.24, 2.45) is 0 Å². The van der Waals surface area contributed by atoms with E-state index < -0.39 is 0 Å². The second-order valence-corrected chi connectivity index (χ2v) is 4.57. The zero-order valence-electron chi connectivity index (χ0n) is 8.08. The maximum atomic E-state index is 6.33. The Morgan fingerprint density at radius 3 is 2.87 bits per heavy atom. The van der Waals surface area contributed by atoms with E-state index in [0.717, 1.165) is 16.5 Å². The molecule has 2 aromatic heterocycles. The second-order valence-electron chi connectivity index (χ2n) is 3.95. The normalized spacial score (nSPS) is 16.1. The van der Waals surface area contributed by atoms with Crippen LogP contribution >= 0.6 is 23.2 Å². The molecular formula is C11H10Cl2N2. The Hall–Kier alpha value is -0.730. The van der Waals surface area contributed by atoms with Crippen LogP contribution in [0.25, 0.3) is 5.65 Å². The zero-order chi connectivity index (χ0) is 10.4. The van der Waals surface area contributed by atoms with Gasteiger partial charge >= 0.3 is 0 Å². The number of nitrogens with zero attached hydrogens (tertiary/aromatic N) is 2. The molecule has 1 aliphatic carbocycles. The number of fused-ring (bicyclic) bond motifs is 1. The summed E-state index contributed by atoms with van der Waals surface area (Å²) in [4.78, 5) is 4.36. The molecule has 2 aromatic rings. The first-order valence-electron chi connectivity index (χ1n) is 5.02. The fraction of sp³-hybridized carbons (Fsp3) is 0.364. The summed E-state index contributed by atoms with van der Waals surface area (Å²) in [6.07, 6.45) is 4.42. The van der Waals surface area contributed by atoms with Gasteiger partial charge in [-0.25, -0.2) is 4.98 Å². The van der Waals surface area contributed by atoms with Crippen molar-refractivity contribution in [2.75, 3.05) is 0 Å². The molecule has 78 valence electrons. The maximum Gasteiger partial charge on any atom is 0.138 e. The van der Waals surface area contributed by atoms with Gasteiger partial charge in [-0.3, -0.25) is 4.40 Å². The highest BCUT2D eigenvalue weighted by molar-refractivity contribution is 6.30. The number of pyridine rings is 1. The summed E-state index contributed by atoms with van der Waals surface area (Å²) in [6, 6.07) is 4.09. The molecule has 0 aromatic carbocycles. The minimum atomic E-state index is 0.427. The Balaban J connectivity index is 2.21. The summed E-state index contributed by atoms with van der Waals surface area (Å²) in [5.74, 6) is 1.08. The van der Waals surface area contributed by atoms with Crippen LogP contribution in [0.2, 0.25) is 5.15 Å². The van der Waals surface area contributed by atoms with Crippen LogP contribution in [-0.4, -0.2) is 9.38 Å². The van der Waals surface area contributed by atoms with E-state index in [2.05, 4.69) is 11.1 Å². The lowest BCUT2D eigenvalue weighted by Gasteiger charge is -2.03. The standard InChI is InChI=1S/C11H10Cl2N2/c12-5-8-6-15-10(14-8)4-3-9(11(15)13)7-1-2-7/h3-4,6-7H,1-2,5H2. The predicted octanol–water partition coefficient (Wildman–Crippen LogP) is 3.60. The topological polar surface area (TPSA) is 17.3 Å². The van der Waals surface area contributed by atoms with Gasteiger partial charge in [0.15, 0.2) is 0 Å². The van der Waals surface area contributed by atoms with E-state index in [4.69, 9.17) is 23.2 Å². The summed E-state index contributed by atoms with van der Waals surface area (Å²) in [7, 11) is 0. The summed E-state index contributed by atoms with van der Waals surface area (Å²) >= 11 is 12.1. The van der Waals surface area contributed by atoms with Crippen LogP contribution in [0.1, 0.15) is 30.0 Å². The molecule has 15 heavy (non-hydrogen) atoms. The van der Waals surface area contributed by atoms with Crippen molar-refractivity contribution in [3.05, 3.63) is 34.7 Å². The van der Waals surface area contributed by atoms with Gasteiger partial charge in [0.1, 0.15) is 10.8 Å².